The van der Waals surface area contributed by atoms with E-state index in [4.69, 9.17) is 9.47 Å². The Morgan fingerprint density at radius 2 is 1.92 bits per heavy atom. The van der Waals surface area contributed by atoms with E-state index in [2.05, 4.69) is 0 Å². The summed E-state index contributed by atoms with van der Waals surface area (Å²) < 4.78 is 10.6. The van der Waals surface area contributed by atoms with Crippen molar-refractivity contribution in [2.45, 2.75) is 12.6 Å². The fourth-order valence-corrected chi connectivity index (χ4v) is 2.44. The van der Waals surface area contributed by atoms with Gasteiger partial charge >= 0.3 is 0 Å². The lowest BCUT2D eigenvalue weighted by molar-refractivity contribution is -0.384. The van der Waals surface area contributed by atoms with Crippen LogP contribution in [0.15, 0.2) is 48.5 Å². The van der Waals surface area contributed by atoms with Gasteiger partial charge in [0, 0.05) is 19.2 Å². The van der Waals surface area contributed by atoms with Crippen molar-refractivity contribution in [3.63, 3.8) is 0 Å². The first-order valence-electron chi connectivity index (χ1n) is 7.84. The lowest BCUT2D eigenvalue weighted by Crippen LogP contribution is -2.32. The Kier molecular flexibility index (Phi) is 6.73. The minimum atomic E-state index is -0.713. The van der Waals surface area contributed by atoms with Gasteiger partial charge in [0.05, 0.1) is 18.1 Å². The van der Waals surface area contributed by atoms with E-state index in [-0.39, 0.29) is 12.3 Å². The number of aliphatic hydroxyl groups is 1. The van der Waals surface area contributed by atoms with Gasteiger partial charge in [0.1, 0.15) is 24.2 Å². The molecule has 0 saturated heterocycles. The summed E-state index contributed by atoms with van der Waals surface area (Å²) in [6.45, 7) is 1.13. The van der Waals surface area contributed by atoms with E-state index in [9.17, 15) is 15.2 Å². The van der Waals surface area contributed by atoms with Gasteiger partial charge < -0.3 is 14.6 Å². The van der Waals surface area contributed by atoms with Crippen LogP contribution in [-0.4, -0.2) is 48.3 Å². The maximum Gasteiger partial charge on any atom is 0.273 e. The highest BCUT2D eigenvalue weighted by Crippen LogP contribution is 2.19. The molecule has 0 aliphatic heterocycles. The van der Waals surface area contributed by atoms with Gasteiger partial charge in [-0.2, -0.15) is 0 Å². The molecule has 134 valence electrons. The number of rotatable bonds is 9. The van der Waals surface area contributed by atoms with Gasteiger partial charge in [0.25, 0.3) is 5.69 Å². The van der Waals surface area contributed by atoms with Crippen molar-refractivity contribution in [3.8, 4) is 11.5 Å². The van der Waals surface area contributed by atoms with Gasteiger partial charge in [-0.15, -0.1) is 0 Å². The highest BCUT2D eigenvalue weighted by Gasteiger charge is 2.12. The van der Waals surface area contributed by atoms with Gasteiger partial charge in [0.2, 0.25) is 0 Å². The number of hydrogen-bond donors (Lipinski definition) is 1. The predicted octanol–water partition coefficient (Wildman–Crippen LogP) is 2.48. The number of methoxy groups -OCH3 is 1. The third-order valence-corrected chi connectivity index (χ3v) is 3.58. The normalized spacial score (nSPS) is 12.0. The second-order valence-electron chi connectivity index (χ2n) is 5.77. The molecular weight excluding hydrogens is 324 g/mol. The zero-order chi connectivity index (χ0) is 18.2. The number of likely N-dealkylation sites (N-methyl/N-ethyl adjacent to an activating group) is 1. The largest absolute Gasteiger partial charge is 0.497 e. The number of ether oxygens (including phenoxy) is 2. The molecule has 2 rings (SSSR count). The first-order chi connectivity index (χ1) is 12.0. The highest BCUT2D eigenvalue weighted by molar-refractivity contribution is 5.37. The van der Waals surface area contributed by atoms with E-state index in [1.807, 2.05) is 36.2 Å². The Morgan fingerprint density at radius 1 is 1.20 bits per heavy atom. The topological polar surface area (TPSA) is 85.1 Å². The lowest BCUT2D eigenvalue weighted by atomic mass is 10.2. The summed E-state index contributed by atoms with van der Waals surface area (Å²) in [5, 5.41) is 20.9. The van der Waals surface area contributed by atoms with Gasteiger partial charge in [0.15, 0.2) is 0 Å². The van der Waals surface area contributed by atoms with Crippen molar-refractivity contribution in [1.82, 2.24) is 4.90 Å². The Labute approximate surface area is 146 Å². The van der Waals surface area contributed by atoms with Gasteiger partial charge in [-0.3, -0.25) is 15.0 Å². The molecule has 2 aromatic rings. The number of nitro groups is 1. The van der Waals surface area contributed by atoms with Crippen LogP contribution in [0.3, 0.4) is 0 Å². The summed E-state index contributed by atoms with van der Waals surface area (Å²) in [7, 11) is 3.52. The molecule has 7 heteroatoms. The summed E-state index contributed by atoms with van der Waals surface area (Å²) in [6, 6.07) is 13.6. The summed E-state index contributed by atoms with van der Waals surface area (Å²) in [4.78, 5) is 12.2. The number of hydrogen-bond acceptors (Lipinski definition) is 6. The molecule has 0 aromatic heterocycles. The van der Waals surface area contributed by atoms with Crippen molar-refractivity contribution in [3.05, 3.63) is 64.2 Å². The van der Waals surface area contributed by atoms with E-state index in [0.717, 1.165) is 11.3 Å². The Bertz CT molecular complexity index is 707. The van der Waals surface area contributed by atoms with Crippen LogP contribution in [-0.2, 0) is 6.54 Å². The molecule has 0 bridgehead atoms. The minimum absolute atomic E-state index is 0.0397. The molecule has 1 N–H and O–H groups in total. The van der Waals surface area contributed by atoms with Crippen LogP contribution in [0.1, 0.15) is 5.56 Å². The summed E-state index contributed by atoms with van der Waals surface area (Å²) in [5.74, 6) is 1.16. The zero-order valence-corrected chi connectivity index (χ0v) is 14.3. The number of nitro benzene ring substituents is 1. The summed E-state index contributed by atoms with van der Waals surface area (Å²) >= 11 is 0. The van der Waals surface area contributed by atoms with Gasteiger partial charge in [-0.1, -0.05) is 18.2 Å². The maximum atomic E-state index is 10.7. The molecule has 0 heterocycles. The molecule has 25 heavy (non-hydrogen) atoms. The van der Waals surface area contributed by atoms with E-state index < -0.39 is 11.0 Å². The molecule has 0 aliphatic rings. The number of nitrogens with zero attached hydrogens (tertiary/aromatic N) is 2. The molecular formula is C18H22N2O5. The Balaban J connectivity index is 1.82. The van der Waals surface area contributed by atoms with E-state index in [1.165, 1.54) is 12.1 Å². The van der Waals surface area contributed by atoms with Crippen LogP contribution >= 0.6 is 0 Å². The number of non-ortho nitro benzene ring substituents is 1. The Hall–Kier alpha value is -2.64. The monoisotopic (exact) mass is 346 g/mol. The average molecular weight is 346 g/mol. The van der Waals surface area contributed by atoms with Crippen LogP contribution in [0.25, 0.3) is 0 Å². The van der Waals surface area contributed by atoms with E-state index in [0.29, 0.717) is 18.8 Å². The van der Waals surface area contributed by atoms with Crippen LogP contribution < -0.4 is 9.47 Å². The third-order valence-electron chi connectivity index (χ3n) is 3.58. The average Bonchev–Trinajstić information content (AvgIpc) is 2.60. The molecule has 1 unspecified atom stereocenters. The molecule has 0 fully saturated rings. The number of benzene rings is 2. The Morgan fingerprint density at radius 3 is 2.64 bits per heavy atom. The van der Waals surface area contributed by atoms with Crippen LogP contribution in [0, 0.1) is 10.1 Å². The van der Waals surface area contributed by atoms with Crippen LogP contribution in [0.5, 0.6) is 11.5 Å². The van der Waals surface area contributed by atoms with Crippen molar-refractivity contribution in [2.75, 3.05) is 27.3 Å². The highest BCUT2D eigenvalue weighted by atomic mass is 16.6. The minimum Gasteiger partial charge on any atom is -0.497 e. The van der Waals surface area contributed by atoms with E-state index in [1.54, 1.807) is 19.2 Å². The zero-order valence-electron chi connectivity index (χ0n) is 14.3. The molecule has 0 spiro atoms. The molecule has 2 aromatic carbocycles. The third kappa shape index (κ3) is 6.06. The molecule has 1 atom stereocenters. The first kappa shape index (κ1) is 18.7. The SMILES string of the molecule is COc1cccc(CN(C)CC(O)COc2cccc([N+](=O)[O-])c2)c1. The quantitative estimate of drug-likeness (QED) is 0.555. The summed E-state index contributed by atoms with van der Waals surface area (Å²) in [5.41, 5.74) is 1.04. The molecule has 0 aliphatic carbocycles. The van der Waals surface area contributed by atoms with Crippen LogP contribution in [0.2, 0.25) is 0 Å². The van der Waals surface area contributed by atoms with E-state index >= 15 is 0 Å². The first-order valence-corrected chi connectivity index (χ1v) is 7.84. The second-order valence-corrected chi connectivity index (χ2v) is 5.77. The molecule has 0 amide bonds. The molecule has 0 saturated carbocycles. The fraction of sp³-hybridized carbons (Fsp3) is 0.333. The lowest BCUT2D eigenvalue weighted by Gasteiger charge is -2.21. The fourth-order valence-electron chi connectivity index (χ4n) is 2.44. The van der Waals surface area contributed by atoms with Gasteiger partial charge in [-0.25, -0.2) is 0 Å². The van der Waals surface area contributed by atoms with Crippen molar-refractivity contribution < 1.29 is 19.5 Å². The maximum absolute atomic E-state index is 10.7. The number of aliphatic hydroxyl groups excluding tert-OH is 1. The smallest absolute Gasteiger partial charge is 0.273 e. The molecule has 0 radical (unpaired) electrons. The second kappa shape index (κ2) is 9.00. The van der Waals surface area contributed by atoms with Crippen molar-refractivity contribution in [1.29, 1.82) is 0 Å². The standard InChI is InChI=1S/C18H22N2O5/c1-19(11-14-5-3-7-17(9-14)24-2)12-16(21)13-25-18-8-4-6-15(10-18)20(22)23/h3-10,16,21H,11-13H2,1-2H3. The van der Waals surface area contributed by atoms with Crippen molar-refractivity contribution in [2.24, 2.45) is 0 Å². The van der Waals surface area contributed by atoms with Crippen LogP contribution in [0.4, 0.5) is 5.69 Å². The molecule has 7 nitrogen and oxygen atoms in total. The van der Waals surface area contributed by atoms with Crippen molar-refractivity contribution >= 4 is 5.69 Å². The predicted molar refractivity (Wildman–Crippen MR) is 93.9 cm³/mol. The summed E-state index contributed by atoms with van der Waals surface area (Å²) in [6.07, 6.45) is -0.713. The van der Waals surface area contributed by atoms with Gasteiger partial charge in [-0.05, 0) is 30.8 Å².